The minimum atomic E-state index is -0.515. The molecule has 0 spiro atoms. The summed E-state index contributed by atoms with van der Waals surface area (Å²) < 4.78 is 1.05. The standard InChI is InChI=1S/C14H15N5O3S/c1-3-8-6-9-13(23-8)15-7-19(14(9)22)17-12(21)10-4-5-11(20)18(2)16-10/h6-7H,3-5H2,1-2H3,(H,17,21). The lowest BCUT2D eigenvalue weighted by atomic mass is 10.1. The summed E-state index contributed by atoms with van der Waals surface area (Å²) >= 11 is 1.46. The summed E-state index contributed by atoms with van der Waals surface area (Å²) in [6.45, 7) is 2.00. The zero-order valence-corrected chi connectivity index (χ0v) is 13.5. The van der Waals surface area contributed by atoms with Crippen LogP contribution in [0.1, 0.15) is 24.6 Å². The molecule has 2 aromatic rings. The first kappa shape index (κ1) is 15.3. The molecule has 0 atom stereocenters. The second-order valence-corrected chi connectivity index (χ2v) is 6.22. The van der Waals surface area contributed by atoms with Crippen LogP contribution in [-0.2, 0) is 16.0 Å². The van der Waals surface area contributed by atoms with Crippen molar-refractivity contribution >= 4 is 39.1 Å². The van der Waals surface area contributed by atoms with Crippen molar-refractivity contribution in [2.45, 2.75) is 26.2 Å². The average Bonchev–Trinajstić information content (AvgIpc) is 2.97. The van der Waals surface area contributed by atoms with Gasteiger partial charge in [0, 0.05) is 24.8 Å². The smallest absolute Gasteiger partial charge is 0.273 e. The number of fused-ring (bicyclic) bond motifs is 1. The molecule has 8 nitrogen and oxygen atoms in total. The lowest BCUT2D eigenvalue weighted by molar-refractivity contribution is -0.130. The first-order valence-corrected chi connectivity index (χ1v) is 7.96. The van der Waals surface area contributed by atoms with E-state index in [0.717, 1.165) is 21.0 Å². The second kappa shape index (κ2) is 5.92. The van der Waals surface area contributed by atoms with Crippen molar-refractivity contribution in [2.75, 3.05) is 12.5 Å². The molecular formula is C14H15N5O3S. The van der Waals surface area contributed by atoms with E-state index >= 15 is 0 Å². The predicted molar refractivity (Wildman–Crippen MR) is 87.1 cm³/mol. The van der Waals surface area contributed by atoms with Crippen LogP contribution in [0.4, 0.5) is 0 Å². The van der Waals surface area contributed by atoms with E-state index in [1.165, 1.54) is 24.7 Å². The molecule has 2 amide bonds. The van der Waals surface area contributed by atoms with Gasteiger partial charge in [0.1, 0.15) is 16.9 Å². The maximum atomic E-state index is 12.4. The molecule has 0 radical (unpaired) electrons. The van der Waals surface area contributed by atoms with Gasteiger partial charge in [-0.3, -0.25) is 19.8 Å². The van der Waals surface area contributed by atoms with Gasteiger partial charge in [0.25, 0.3) is 11.5 Å². The number of amides is 2. The van der Waals surface area contributed by atoms with Gasteiger partial charge in [-0.25, -0.2) is 14.7 Å². The normalized spacial score (nSPS) is 15.0. The zero-order chi connectivity index (χ0) is 16.6. The fourth-order valence-electron chi connectivity index (χ4n) is 2.23. The Labute approximate surface area is 135 Å². The molecule has 1 N–H and O–H groups in total. The first-order chi connectivity index (χ1) is 11.0. The summed E-state index contributed by atoms with van der Waals surface area (Å²) in [6, 6.07) is 1.79. The van der Waals surface area contributed by atoms with Gasteiger partial charge in [0.15, 0.2) is 0 Å². The molecule has 0 unspecified atom stereocenters. The van der Waals surface area contributed by atoms with Crippen LogP contribution in [0, 0.1) is 0 Å². The highest BCUT2D eigenvalue weighted by Crippen LogP contribution is 2.20. The topological polar surface area (TPSA) is 96.7 Å². The van der Waals surface area contributed by atoms with E-state index in [1.807, 2.05) is 6.92 Å². The maximum Gasteiger partial charge on any atom is 0.286 e. The number of hydrogen-bond acceptors (Lipinski definition) is 6. The van der Waals surface area contributed by atoms with Crippen molar-refractivity contribution in [3.05, 3.63) is 27.6 Å². The number of aromatic nitrogens is 2. The van der Waals surface area contributed by atoms with Gasteiger partial charge in [0.05, 0.1) is 5.39 Å². The van der Waals surface area contributed by atoms with Crippen molar-refractivity contribution in [3.8, 4) is 0 Å². The largest absolute Gasteiger partial charge is 0.286 e. The van der Waals surface area contributed by atoms with Crippen molar-refractivity contribution in [3.63, 3.8) is 0 Å². The highest BCUT2D eigenvalue weighted by atomic mass is 32.1. The molecule has 0 bridgehead atoms. The number of aryl methyl sites for hydroxylation is 1. The Kier molecular flexibility index (Phi) is 3.95. The molecule has 0 saturated carbocycles. The van der Waals surface area contributed by atoms with E-state index in [-0.39, 0.29) is 30.0 Å². The van der Waals surface area contributed by atoms with Crippen LogP contribution < -0.4 is 11.0 Å². The third-order valence-corrected chi connectivity index (χ3v) is 4.73. The van der Waals surface area contributed by atoms with E-state index in [2.05, 4.69) is 15.5 Å². The maximum absolute atomic E-state index is 12.4. The summed E-state index contributed by atoms with van der Waals surface area (Å²) in [6.07, 6.45) is 2.58. The molecule has 0 saturated heterocycles. The minimum Gasteiger partial charge on any atom is -0.273 e. The average molecular weight is 333 g/mol. The van der Waals surface area contributed by atoms with Gasteiger partial charge < -0.3 is 0 Å². The predicted octanol–water partition coefficient (Wildman–Crippen LogP) is 0.699. The number of thiophene rings is 1. The van der Waals surface area contributed by atoms with Gasteiger partial charge in [-0.05, 0) is 12.5 Å². The Hall–Kier alpha value is -2.55. The van der Waals surface area contributed by atoms with E-state index in [4.69, 9.17) is 0 Å². The quantitative estimate of drug-likeness (QED) is 0.894. The van der Waals surface area contributed by atoms with E-state index < -0.39 is 5.91 Å². The van der Waals surface area contributed by atoms with Gasteiger partial charge in [0.2, 0.25) is 5.91 Å². The van der Waals surface area contributed by atoms with Crippen molar-refractivity contribution in [2.24, 2.45) is 5.10 Å². The van der Waals surface area contributed by atoms with E-state index in [1.54, 1.807) is 6.07 Å². The third kappa shape index (κ3) is 2.87. The summed E-state index contributed by atoms with van der Waals surface area (Å²) in [4.78, 5) is 41.9. The number of hydrazone groups is 1. The highest BCUT2D eigenvalue weighted by molar-refractivity contribution is 7.18. The van der Waals surface area contributed by atoms with Crippen LogP contribution in [0.3, 0.4) is 0 Å². The summed E-state index contributed by atoms with van der Waals surface area (Å²) in [7, 11) is 1.49. The molecule has 9 heteroatoms. The molecule has 23 heavy (non-hydrogen) atoms. The van der Waals surface area contributed by atoms with Crippen molar-refractivity contribution in [1.29, 1.82) is 0 Å². The van der Waals surface area contributed by atoms with Crippen LogP contribution in [0.5, 0.6) is 0 Å². The lowest BCUT2D eigenvalue weighted by Crippen LogP contribution is -2.40. The molecule has 0 fully saturated rings. The number of nitrogens with zero attached hydrogens (tertiary/aromatic N) is 4. The van der Waals surface area contributed by atoms with Crippen LogP contribution in [0.2, 0.25) is 0 Å². The van der Waals surface area contributed by atoms with Crippen molar-refractivity contribution in [1.82, 2.24) is 14.7 Å². The van der Waals surface area contributed by atoms with Crippen LogP contribution in [0.15, 0.2) is 22.3 Å². The molecular weight excluding hydrogens is 318 g/mol. The number of carbonyl (C=O) groups excluding carboxylic acids is 2. The molecule has 2 aromatic heterocycles. The molecule has 1 aliphatic heterocycles. The Morgan fingerprint density at radius 3 is 2.87 bits per heavy atom. The highest BCUT2D eigenvalue weighted by Gasteiger charge is 2.22. The lowest BCUT2D eigenvalue weighted by Gasteiger charge is -2.19. The third-order valence-electron chi connectivity index (χ3n) is 3.54. The fourth-order valence-corrected chi connectivity index (χ4v) is 3.16. The fraction of sp³-hybridized carbons (Fsp3) is 0.357. The monoisotopic (exact) mass is 333 g/mol. The van der Waals surface area contributed by atoms with Crippen LogP contribution >= 0.6 is 11.3 Å². The zero-order valence-electron chi connectivity index (χ0n) is 12.7. The number of rotatable bonds is 3. The summed E-state index contributed by atoms with van der Waals surface area (Å²) in [5.74, 6) is -0.661. The molecule has 1 aliphatic rings. The Morgan fingerprint density at radius 2 is 2.17 bits per heavy atom. The SMILES string of the molecule is CCc1cc2c(=O)n(NC(=O)C3=NN(C)C(=O)CC3)cnc2s1. The van der Waals surface area contributed by atoms with E-state index in [9.17, 15) is 14.4 Å². The van der Waals surface area contributed by atoms with Gasteiger partial charge in [-0.15, -0.1) is 11.3 Å². The molecule has 3 heterocycles. The van der Waals surface area contributed by atoms with Crippen LogP contribution in [-0.4, -0.2) is 39.2 Å². The van der Waals surface area contributed by atoms with Gasteiger partial charge in [-0.2, -0.15) is 5.10 Å². The molecule has 3 rings (SSSR count). The molecule has 120 valence electrons. The Balaban J connectivity index is 1.88. The van der Waals surface area contributed by atoms with Crippen LogP contribution in [0.25, 0.3) is 10.2 Å². The number of nitrogens with one attached hydrogen (secondary N) is 1. The number of carbonyl (C=O) groups is 2. The Bertz CT molecular complexity index is 882. The first-order valence-electron chi connectivity index (χ1n) is 7.15. The molecule has 0 aromatic carbocycles. The molecule has 0 aliphatic carbocycles. The van der Waals surface area contributed by atoms with E-state index in [0.29, 0.717) is 10.2 Å². The van der Waals surface area contributed by atoms with Gasteiger partial charge in [-0.1, -0.05) is 6.92 Å². The summed E-state index contributed by atoms with van der Waals surface area (Å²) in [5, 5.41) is 5.54. The van der Waals surface area contributed by atoms with Crippen molar-refractivity contribution < 1.29 is 9.59 Å². The summed E-state index contributed by atoms with van der Waals surface area (Å²) in [5.41, 5.74) is 2.35. The minimum absolute atomic E-state index is 0.146. The Morgan fingerprint density at radius 1 is 1.39 bits per heavy atom. The van der Waals surface area contributed by atoms with Gasteiger partial charge >= 0.3 is 0 Å². The second-order valence-electron chi connectivity index (χ2n) is 5.11. The number of hydrogen-bond donors (Lipinski definition) is 1.